The van der Waals surface area contributed by atoms with Gasteiger partial charge in [-0.1, -0.05) is 36.0 Å². The SMILES string of the molecule is CO[C@@H]1CCN(C(=O)c2cccc(NC3SC(c4ccc(C(C)(C)O)cc4F)=CC3C(N)=O)n2)C1. The first-order valence-corrected chi connectivity index (χ1v) is 12.2. The van der Waals surface area contributed by atoms with Crippen LogP contribution in [0.3, 0.4) is 0 Å². The maximum Gasteiger partial charge on any atom is 0.272 e. The second-order valence-corrected chi connectivity index (χ2v) is 10.4. The van der Waals surface area contributed by atoms with Gasteiger partial charge in [0.15, 0.2) is 0 Å². The summed E-state index contributed by atoms with van der Waals surface area (Å²) in [5.74, 6) is -1.56. The molecule has 3 atom stereocenters. The minimum atomic E-state index is -1.18. The topological polar surface area (TPSA) is 118 Å². The van der Waals surface area contributed by atoms with Gasteiger partial charge in [0, 0.05) is 30.7 Å². The number of amides is 2. The second kappa shape index (κ2) is 9.96. The van der Waals surface area contributed by atoms with E-state index in [4.69, 9.17) is 10.5 Å². The Morgan fingerprint density at radius 3 is 2.71 bits per heavy atom. The van der Waals surface area contributed by atoms with Crippen LogP contribution in [-0.4, -0.2) is 58.5 Å². The Balaban J connectivity index is 1.51. The Kier molecular flexibility index (Phi) is 7.16. The van der Waals surface area contributed by atoms with Crippen LogP contribution >= 0.6 is 11.8 Å². The smallest absolute Gasteiger partial charge is 0.272 e. The molecule has 8 nitrogen and oxygen atoms in total. The number of benzene rings is 1. The van der Waals surface area contributed by atoms with E-state index in [9.17, 15) is 19.1 Å². The number of hydrogen-bond donors (Lipinski definition) is 3. The average Bonchev–Trinajstić information content (AvgIpc) is 3.45. The summed E-state index contributed by atoms with van der Waals surface area (Å²) < 4.78 is 20.2. The van der Waals surface area contributed by atoms with Crippen molar-refractivity contribution >= 4 is 34.3 Å². The molecule has 0 aliphatic carbocycles. The van der Waals surface area contributed by atoms with Gasteiger partial charge in [0.1, 0.15) is 17.3 Å². The minimum Gasteiger partial charge on any atom is -0.386 e. The number of nitrogens with zero attached hydrogens (tertiary/aromatic N) is 2. The Hall–Kier alpha value is -2.95. The standard InChI is InChI=1S/C25H29FN4O4S/c1-25(2,33)14-7-8-16(18(26)11-14)20-12-17(22(27)31)23(35-20)29-21-6-4-5-19(28-21)24(32)30-10-9-15(13-30)34-3/h4-8,11-12,15,17,23,33H,9-10,13H2,1-3H3,(H2,27,31)(H,28,29)/t15-,17?,23?/m1/s1. The predicted octanol–water partition coefficient (Wildman–Crippen LogP) is 2.94. The van der Waals surface area contributed by atoms with Gasteiger partial charge in [-0.05, 0) is 44.0 Å². The van der Waals surface area contributed by atoms with Crippen molar-refractivity contribution in [3.05, 3.63) is 65.1 Å². The zero-order valence-corrected chi connectivity index (χ0v) is 20.6. The molecule has 35 heavy (non-hydrogen) atoms. The molecule has 1 aromatic heterocycles. The number of hydrogen-bond acceptors (Lipinski definition) is 7. The first kappa shape index (κ1) is 25.2. The first-order valence-electron chi connectivity index (χ1n) is 11.3. The number of nitrogens with one attached hydrogen (secondary N) is 1. The lowest BCUT2D eigenvalue weighted by atomic mass is 9.96. The van der Waals surface area contributed by atoms with Crippen LogP contribution in [-0.2, 0) is 15.1 Å². The van der Waals surface area contributed by atoms with Crippen molar-refractivity contribution in [2.75, 3.05) is 25.5 Å². The second-order valence-electron chi connectivity index (χ2n) is 9.20. The van der Waals surface area contributed by atoms with Crippen molar-refractivity contribution in [2.24, 2.45) is 11.7 Å². The van der Waals surface area contributed by atoms with Gasteiger partial charge in [-0.3, -0.25) is 9.59 Å². The largest absolute Gasteiger partial charge is 0.386 e. The number of anilines is 1. The Morgan fingerprint density at radius 1 is 1.31 bits per heavy atom. The van der Waals surface area contributed by atoms with Gasteiger partial charge < -0.3 is 25.8 Å². The molecule has 10 heteroatoms. The molecule has 2 amide bonds. The van der Waals surface area contributed by atoms with Crippen molar-refractivity contribution in [1.29, 1.82) is 0 Å². The molecule has 4 N–H and O–H groups in total. The maximum absolute atomic E-state index is 14.9. The van der Waals surface area contributed by atoms with Gasteiger partial charge in [-0.25, -0.2) is 9.37 Å². The monoisotopic (exact) mass is 500 g/mol. The van der Waals surface area contributed by atoms with Gasteiger partial charge in [-0.15, -0.1) is 0 Å². The summed E-state index contributed by atoms with van der Waals surface area (Å²) in [6.07, 6.45) is 2.44. The minimum absolute atomic E-state index is 0.0221. The van der Waals surface area contributed by atoms with Crippen molar-refractivity contribution in [1.82, 2.24) is 9.88 Å². The highest BCUT2D eigenvalue weighted by atomic mass is 32.2. The maximum atomic E-state index is 14.9. The molecule has 0 spiro atoms. The van der Waals surface area contributed by atoms with E-state index in [1.165, 1.54) is 17.8 Å². The number of thioether (sulfide) groups is 1. The highest BCUT2D eigenvalue weighted by molar-refractivity contribution is 8.09. The summed E-state index contributed by atoms with van der Waals surface area (Å²) >= 11 is 1.26. The van der Waals surface area contributed by atoms with Crippen LogP contribution in [0.4, 0.5) is 10.2 Å². The molecule has 1 saturated heterocycles. The van der Waals surface area contributed by atoms with Crippen LogP contribution in [0.15, 0.2) is 42.5 Å². The van der Waals surface area contributed by atoms with Crippen molar-refractivity contribution in [3.8, 4) is 0 Å². The number of aliphatic hydroxyl groups is 1. The van der Waals surface area contributed by atoms with Crippen LogP contribution in [0, 0.1) is 11.7 Å². The van der Waals surface area contributed by atoms with Gasteiger partial charge >= 0.3 is 0 Å². The van der Waals surface area contributed by atoms with E-state index in [2.05, 4.69) is 10.3 Å². The molecule has 1 fully saturated rings. The number of pyridine rings is 1. The van der Waals surface area contributed by atoms with Gasteiger partial charge in [0.2, 0.25) is 5.91 Å². The molecule has 2 aromatic rings. The average molecular weight is 501 g/mol. The van der Waals surface area contributed by atoms with Gasteiger partial charge in [-0.2, -0.15) is 0 Å². The van der Waals surface area contributed by atoms with E-state index in [-0.39, 0.29) is 17.7 Å². The summed E-state index contributed by atoms with van der Waals surface area (Å²) in [5.41, 5.74) is 5.50. The Bertz CT molecular complexity index is 1170. The molecule has 2 unspecified atom stereocenters. The van der Waals surface area contributed by atoms with Crippen molar-refractivity contribution in [2.45, 2.75) is 37.3 Å². The fourth-order valence-corrected chi connectivity index (χ4v) is 5.48. The normalized spacial score (nSPS) is 22.3. The third-order valence-corrected chi connectivity index (χ3v) is 7.48. The number of carbonyl (C=O) groups excluding carboxylic acids is 2. The molecule has 2 aliphatic heterocycles. The Labute approximate surface area is 207 Å². The highest BCUT2D eigenvalue weighted by Crippen LogP contribution is 2.43. The lowest BCUT2D eigenvalue weighted by Gasteiger charge is -2.20. The van der Waals surface area contributed by atoms with Crippen molar-refractivity contribution in [3.63, 3.8) is 0 Å². The molecule has 186 valence electrons. The number of nitrogens with two attached hydrogens (primary N) is 1. The molecule has 0 bridgehead atoms. The summed E-state index contributed by atoms with van der Waals surface area (Å²) in [5, 5.41) is 12.8. The summed E-state index contributed by atoms with van der Waals surface area (Å²) in [6, 6.07) is 9.60. The lowest BCUT2D eigenvalue weighted by molar-refractivity contribution is -0.120. The number of methoxy groups -OCH3 is 1. The number of halogens is 1. The number of carbonyl (C=O) groups is 2. The first-order chi connectivity index (χ1) is 16.6. The highest BCUT2D eigenvalue weighted by Gasteiger charge is 2.35. The molecule has 3 heterocycles. The molecular weight excluding hydrogens is 471 g/mol. The van der Waals surface area contributed by atoms with Gasteiger partial charge in [0.25, 0.3) is 5.91 Å². The van der Waals surface area contributed by atoms with Gasteiger partial charge in [0.05, 0.1) is 23.0 Å². The van der Waals surface area contributed by atoms with Crippen LogP contribution in [0.25, 0.3) is 4.91 Å². The zero-order valence-electron chi connectivity index (χ0n) is 19.8. The van der Waals surface area contributed by atoms with Crippen molar-refractivity contribution < 1.29 is 23.8 Å². The molecule has 0 radical (unpaired) electrons. The van der Waals surface area contributed by atoms with Crippen LogP contribution in [0.2, 0.25) is 0 Å². The predicted molar refractivity (Wildman–Crippen MR) is 133 cm³/mol. The number of rotatable bonds is 7. The Morgan fingerprint density at radius 2 is 2.09 bits per heavy atom. The fraction of sp³-hybridized carbons (Fsp3) is 0.400. The number of likely N-dealkylation sites (tertiary alicyclic amines) is 1. The van der Waals surface area contributed by atoms with E-state index < -0.39 is 28.6 Å². The van der Waals surface area contributed by atoms with Crippen LogP contribution in [0.5, 0.6) is 0 Å². The van der Waals surface area contributed by atoms with E-state index in [0.717, 1.165) is 6.42 Å². The number of aromatic nitrogens is 1. The van der Waals surface area contributed by atoms with E-state index in [1.807, 2.05) is 0 Å². The molecule has 4 rings (SSSR count). The van der Waals surface area contributed by atoms with Crippen LogP contribution < -0.4 is 11.1 Å². The molecule has 1 aromatic carbocycles. The quantitative estimate of drug-likeness (QED) is 0.535. The third kappa shape index (κ3) is 5.50. The number of ether oxygens (including phenoxy) is 1. The van der Waals surface area contributed by atoms with E-state index >= 15 is 0 Å². The summed E-state index contributed by atoms with van der Waals surface area (Å²) in [4.78, 5) is 31.7. The van der Waals surface area contributed by atoms with E-state index in [0.29, 0.717) is 34.9 Å². The molecular formula is C25H29FN4O4S. The fourth-order valence-electron chi connectivity index (χ4n) is 4.15. The summed E-state index contributed by atoms with van der Waals surface area (Å²) in [7, 11) is 1.63. The molecule has 2 aliphatic rings. The lowest BCUT2D eigenvalue weighted by Crippen LogP contribution is -2.33. The van der Waals surface area contributed by atoms with E-state index in [1.54, 1.807) is 62.3 Å². The molecule has 0 saturated carbocycles. The summed E-state index contributed by atoms with van der Waals surface area (Å²) in [6.45, 7) is 4.28. The zero-order chi connectivity index (χ0) is 25.3. The van der Waals surface area contributed by atoms with Crippen LogP contribution in [0.1, 0.15) is 41.9 Å². The number of primary amides is 1. The third-order valence-electron chi connectivity index (χ3n) is 6.20.